The standard InChI is InChI=1S/C25H31NO4S/c1-3-26(4-2)25(31)30-23-16-21(15-22(27)20-13-9-6-10-14-20)29-24(23)18-28-17-19-11-7-5-8-12-19/h5-14,21,23-24H,3-4,15-18H2,1-2H3/t21-,23-,24+/m0/s1. The lowest BCUT2D eigenvalue weighted by Gasteiger charge is -2.26. The van der Waals surface area contributed by atoms with E-state index >= 15 is 0 Å². The predicted octanol–water partition coefficient (Wildman–Crippen LogP) is 4.65. The molecule has 2 aromatic rings. The first-order valence-corrected chi connectivity index (χ1v) is 11.3. The van der Waals surface area contributed by atoms with Crippen LogP contribution in [0.15, 0.2) is 60.7 Å². The number of carbonyl (C=O) groups excluding carboxylic acids is 1. The van der Waals surface area contributed by atoms with Gasteiger partial charge in [0, 0.05) is 31.5 Å². The van der Waals surface area contributed by atoms with E-state index in [9.17, 15) is 4.79 Å². The summed E-state index contributed by atoms with van der Waals surface area (Å²) in [6.45, 7) is 6.55. The largest absolute Gasteiger partial charge is 0.465 e. The molecule has 6 heteroatoms. The lowest BCUT2D eigenvalue weighted by atomic mass is 10.0. The summed E-state index contributed by atoms with van der Waals surface area (Å²) < 4.78 is 18.3. The lowest BCUT2D eigenvalue weighted by molar-refractivity contribution is -0.0470. The smallest absolute Gasteiger partial charge is 0.259 e. The van der Waals surface area contributed by atoms with Crippen LogP contribution in [0.3, 0.4) is 0 Å². The van der Waals surface area contributed by atoms with Gasteiger partial charge in [0.15, 0.2) is 5.78 Å². The maximum absolute atomic E-state index is 12.7. The molecule has 31 heavy (non-hydrogen) atoms. The Labute approximate surface area is 190 Å². The van der Waals surface area contributed by atoms with E-state index in [1.807, 2.05) is 79.4 Å². The van der Waals surface area contributed by atoms with Gasteiger partial charge in [-0.15, -0.1) is 0 Å². The van der Waals surface area contributed by atoms with Crippen molar-refractivity contribution in [3.63, 3.8) is 0 Å². The van der Waals surface area contributed by atoms with Crippen LogP contribution in [0.4, 0.5) is 0 Å². The van der Waals surface area contributed by atoms with E-state index in [1.165, 1.54) is 0 Å². The van der Waals surface area contributed by atoms with Crippen LogP contribution in [0.25, 0.3) is 0 Å². The molecule has 3 rings (SSSR count). The van der Waals surface area contributed by atoms with Crippen LogP contribution in [0.2, 0.25) is 0 Å². The van der Waals surface area contributed by atoms with E-state index in [2.05, 4.69) is 0 Å². The highest BCUT2D eigenvalue weighted by Gasteiger charge is 2.39. The van der Waals surface area contributed by atoms with Crippen molar-refractivity contribution in [2.24, 2.45) is 0 Å². The summed E-state index contributed by atoms with van der Waals surface area (Å²) in [7, 11) is 0. The lowest BCUT2D eigenvalue weighted by Crippen LogP contribution is -2.37. The minimum absolute atomic E-state index is 0.0709. The van der Waals surface area contributed by atoms with Gasteiger partial charge in [0.25, 0.3) is 5.17 Å². The maximum atomic E-state index is 12.7. The molecule has 1 fully saturated rings. The average Bonchev–Trinajstić information content (AvgIpc) is 3.16. The Bertz CT molecular complexity index is 826. The minimum Gasteiger partial charge on any atom is -0.465 e. The fourth-order valence-electron chi connectivity index (χ4n) is 3.71. The molecule has 2 aromatic carbocycles. The van der Waals surface area contributed by atoms with Crippen molar-refractivity contribution in [3.05, 3.63) is 71.8 Å². The van der Waals surface area contributed by atoms with Gasteiger partial charge < -0.3 is 19.1 Å². The number of hydrogen-bond acceptors (Lipinski definition) is 5. The van der Waals surface area contributed by atoms with Gasteiger partial charge in [-0.3, -0.25) is 4.79 Å². The Kier molecular flexibility index (Phi) is 9.00. The number of ketones is 1. The first kappa shape index (κ1) is 23.4. The Morgan fingerprint density at radius 2 is 1.71 bits per heavy atom. The summed E-state index contributed by atoms with van der Waals surface area (Å²) in [5.41, 5.74) is 1.80. The quantitative estimate of drug-likeness (QED) is 0.395. The second-order valence-electron chi connectivity index (χ2n) is 7.62. The van der Waals surface area contributed by atoms with Gasteiger partial charge >= 0.3 is 0 Å². The molecule has 0 N–H and O–H groups in total. The third kappa shape index (κ3) is 6.86. The second kappa shape index (κ2) is 11.9. The van der Waals surface area contributed by atoms with Gasteiger partial charge in [-0.2, -0.15) is 0 Å². The Morgan fingerprint density at radius 3 is 2.35 bits per heavy atom. The van der Waals surface area contributed by atoms with Crippen LogP contribution < -0.4 is 0 Å². The van der Waals surface area contributed by atoms with Crippen molar-refractivity contribution in [3.8, 4) is 0 Å². The number of Topliss-reactive ketones (excluding diaryl/α,β-unsaturated/α-hetero) is 1. The third-order valence-electron chi connectivity index (χ3n) is 5.45. The SMILES string of the molecule is CCN(CC)C(=S)O[C@H]1C[C@H](CC(=O)c2ccccc2)O[C@@H]1COCc1ccccc1. The Morgan fingerprint density at radius 1 is 1.06 bits per heavy atom. The van der Waals surface area contributed by atoms with Gasteiger partial charge in [0.1, 0.15) is 12.2 Å². The normalized spacial score (nSPS) is 20.4. The number of thiocarbonyl (C=S) groups is 1. The first-order chi connectivity index (χ1) is 15.1. The molecule has 1 heterocycles. The van der Waals surface area contributed by atoms with Crippen LogP contribution in [-0.2, 0) is 20.8 Å². The first-order valence-electron chi connectivity index (χ1n) is 10.9. The number of carbonyl (C=O) groups is 1. The highest BCUT2D eigenvalue weighted by atomic mass is 32.1. The van der Waals surface area contributed by atoms with Gasteiger partial charge in [0.2, 0.25) is 0 Å². The van der Waals surface area contributed by atoms with Gasteiger partial charge in [-0.05, 0) is 31.6 Å². The number of nitrogens with zero attached hydrogens (tertiary/aromatic N) is 1. The number of ether oxygens (including phenoxy) is 3. The predicted molar refractivity (Wildman–Crippen MR) is 125 cm³/mol. The van der Waals surface area contributed by atoms with Gasteiger partial charge in [-0.25, -0.2) is 0 Å². The molecule has 0 bridgehead atoms. The van der Waals surface area contributed by atoms with E-state index in [4.69, 9.17) is 26.4 Å². The average molecular weight is 442 g/mol. The molecule has 0 spiro atoms. The number of rotatable bonds is 10. The highest BCUT2D eigenvalue weighted by Crippen LogP contribution is 2.28. The summed E-state index contributed by atoms with van der Waals surface area (Å²) in [6.07, 6.45) is 0.196. The zero-order valence-electron chi connectivity index (χ0n) is 18.2. The van der Waals surface area contributed by atoms with Crippen LogP contribution in [0.1, 0.15) is 42.6 Å². The van der Waals surface area contributed by atoms with E-state index in [0.717, 1.165) is 18.7 Å². The fraction of sp³-hybridized carbons (Fsp3) is 0.440. The second-order valence-corrected chi connectivity index (χ2v) is 7.97. The van der Waals surface area contributed by atoms with Crippen molar-refractivity contribution in [1.29, 1.82) is 0 Å². The number of benzene rings is 2. The molecule has 1 saturated heterocycles. The third-order valence-corrected chi connectivity index (χ3v) is 5.81. The van der Waals surface area contributed by atoms with Crippen LogP contribution in [-0.4, -0.2) is 53.9 Å². The molecule has 0 radical (unpaired) electrons. The zero-order chi connectivity index (χ0) is 22.1. The molecule has 0 aliphatic carbocycles. The molecular weight excluding hydrogens is 410 g/mol. The van der Waals surface area contributed by atoms with Gasteiger partial charge in [0.05, 0.1) is 19.3 Å². The minimum atomic E-state index is -0.272. The van der Waals surface area contributed by atoms with E-state index in [1.54, 1.807) is 0 Å². The fourth-order valence-corrected chi connectivity index (χ4v) is 4.09. The van der Waals surface area contributed by atoms with Crippen molar-refractivity contribution in [2.45, 2.75) is 51.6 Å². The van der Waals surface area contributed by atoms with E-state index < -0.39 is 0 Å². The monoisotopic (exact) mass is 441 g/mol. The van der Waals surface area contributed by atoms with Crippen molar-refractivity contribution in [1.82, 2.24) is 4.90 Å². The topological polar surface area (TPSA) is 48.0 Å². The molecule has 1 aliphatic rings. The Balaban J connectivity index is 1.61. The number of hydrogen-bond donors (Lipinski definition) is 0. The summed E-state index contributed by atoms with van der Waals surface area (Å²) in [4.78, 5) is 14.6. The van der Waals surface area contributed by atoms with Crippen LogP contribution in [0.5, 0.6) is 0 Å². The van der Waals surface area contributed by atoms with Crippen molar-refractivity contribution >= 4 is 23.2 Å². The zero-order valence-corrected chi connectivity index (χ0v) is 19.1. The molecule has 1 aliphatic heterocycles. The molecular formula is C25H31NO4S. The molecule has 5 nitrogen and oxygen atoms in total. The molecule has 0 aromatic heterocycles. The molecule has 0 saturated carbocycles. The molecule has 0 unspecified atom stereocenters. The van der Waals surface area contributed by atoms with Crippen molar-refractivity contribution < 1.29 is 19.0 Å². The summed E-state index contributed by atoms with van der Waals surface area (Å²) >= 11 is 5.50. The molecule has 166 valence electrons. The summed E-state index contributed by atoms with van der Waals surface area (Å²) in [6, 6.07) is 19.3. The van der Waals surface area contributed by atoms with Crippen molar-refractivity contribution in [2.75, 3.05) is 19.7 Å². The molecule has 3 atom stereocenters. The highest BCUT2D eigenvalue weighted by molar-refractivity contribution is 7.80. The van der Waals surface area contributed by atoms with E-state index in [-0.39, 0.29) is 24.1 Å². The maximum Gasteiger partial charge on any atom is 0.259 e. The van der Waals surface area contributed by atoms with Crippen LogP contribution in [0, 0.1) is 0 Å². The molecule has 0 amide bonds. The summed E-state index contributed by atoms with van der Waals surface area (Å²) in [5.74, 6) is 0.0709. The Hall–Kier alpha value is -2.28. The van der Waals surface area contributed by atoms with Gasteiger partial charge in [-0.1, -0.05) is 60.7 Å². The summed E-state index contributed by atoms with van der Waals surface area (Å²) in [5, 5.41) is 0.474. The van der Waals surface area contributed by atoms with E-state index in [0.29, 0.717) is 36.8 Å². The van der Waals surface area contributed by atoms with Crippen LogP contribution >= 0.6 is 12.2 Å².